The Balaban J connectivity index is 1.72. The minimum atomic E-state index is 0.245. The maximum absolute atomic E-state index is 10.7. The van der Waals surface area contributed by atoms with Crippen LogP contribution < -0.4 is 4.74 Å². The van der Waals surface area contributed by atoms with Crippen LogP contribution in [0.15, 0.2) is 95.1 Å². The van der Waals surface area contributed by atoms with Crippen LogP contribution in [0.3, 0.4) is 0 Å². The van der Waals surface area contributed by atoms with E-state index in [1.54, 1.807) is 6.07 Å². The molecule has 0 radical (unpaired) electrons. The molecule has 0 saturated heterocycles. The molecule has 0 aromatic heterocycles. The molecular weight excluding hydrogens is 368 g/mol. The van der Waals surface area contributed by atoms with Crippen molar-refractivity contribution in [3.63, 3.8) is 0 Å². The minimum absolute atomic E-state index is 0.245. The lowest BCUT2D eigenvalue weighted by atomic mass is 9.84. The summed E-state index contributed by atoms with van der Waals surface area (Å²) in [5.74, 6) is 1.26. The van der Waals surface area contributed by atoms with E-state index in [1.165, 1.54) is 27.9 Å². The Bertz CT molecular complexity index is 1110. The Labute approximate surface area is 179 Å². The fourth-order valence-corrected chi connectivity index (χ4v) is 4.37. The van der Waals surface area contributed by atoms with Crippen molar-refractivity contribution in [2.75, 3.05) is 0 Å². The van der Waals surface area contributed by atoms with E-state index in [0.29, 0.717) is 6.61 Å². The average molecular weight is 397 g/mol. The second-order valence-corrected chi connectivity index (χ2v) is 8.09. The van der Waals surface area contributed by atoms with Gasteiger partial charge >= 0.3 is 0 Å². The summed E-state index contributed by atoms with van der Waals surface area (Å²) < 4.78 is 6.02. The summed E-state index contributed by atoms with van der Waals surface area (Å²) in [6.07, 6.45) is 0. The molecule has 2 nitrogen and oxygen atoms in total. The molecule has 0 saturated carbocycles. The fourth-order valence-electron chi connectivity index (χ4n) is 4.37. The molecule has 0 amide bonds. The average Bonchev–Trinajstić information content (AvgIpc) is 2.96. The second-order valence-electron chi connectivity index (χ2n) is 8.09. The Morgan fingerprint density at radius 2 is 1.37 bits per heavy atom. The lowest BCUT2D eigenvalue weighted by Crippen LogP contribution is -2.02. The predicted molar refractivity (Wildman–Crippen MR) is 124 cm³/mol. The third-order valence-electron chi connectivity index (χ3n) is 6.39. The standard InChI is InChI=1S/C28H28O2/c1-18-19(2)21(4)28(20(18)3)25-13-9-8-12-24(25)26-16-23(14-15-27(26)29)30-17-22-10-6-5-7-11-22/h5-16,28-29H,17H2,1-4H3. The van der Waals surface area contributed by atoms with E-state index in [9.17, 15) is 5.11 Å². The van der Waals surface area contributed by atoms with Crippen LogP contribution in [0, 0.1) is 0 Å². The Morgan fingerprint density at radius 1 is 0.733 bits per heavy atom. The van der Waals surface area contributed by atoms with Gasteiger partial charge in [0.1, 0.15) is 18.1 Å². The van der Waals surface area contributed by atoms with Crippen LogP contribution in [0.25, 0.3) is 11.1 Å². The Kier molecular flexibility index (Phi) is 5.50. The number of hydrogen-bond donors (Lipinski definition) is 1. The highest BCUT2D eigenvalue weighted by atomic mass is 16.5. The maximum Gasteiger partial charge on any atom is 0.123 e. The third kappa shape index (κ3) is 3.66. The molecule has 0 heterocycles. The third-order valence-corrected chi connectivity index (χ3v) is 6.39. The van der Waals surface area contributed by atoms with E-state index in [1.807, 2.05) is 48.5 Å². The number of benzene rings is 3. The zero-order chi connectivity index (χ0) is 21.3. The molecule has 4 rings (SSSR count). The number of rotatable bonds is 5. The van der Waals surface area contributed by atoms with Gasteiger partial charge in [0, 0.05) is 11.5 Å². The van der Waals surface area contributed by atoms with Crippen LogP contribution >= 0.6 is 0 Å². The highest BCUT2D eigenvalue weighted by Crippen LogP contribution is 2.47. The quantitative estimate of drug-likeness (QED) is 0.486. The SMILES string of the molecule is CC1=C(C)C(c2ccccc2-c2cc(OCc3ccccc3)ccc2O)C(C)=C1C. The van der Waals surface area contributed by atoms with Crippen molar-refractivity contribution < 1.29 is 9.84 Å². The second kappa shape index (κ2) is 8.23. The molecule has 1 aliphatic rings. The molecule has 152 valence electrons. The Hall–Kier alpha value is -3.26. The molecule has 0 aliphatic heterocycles. The largest absolute Gasteiger partial charge is 0.507 e. The molecule has 0 atom stereocenters. The maximum atomic E-state index is 10.7. The first-order valence-electron chi connectivity index (χ1n) is 10.4. The van der Waals surface area contributed by atoms with E-state index < -0.39 is 0 Å². The van der Waals surface area contributed by atoms with E-state index in [2.05, 4.69) is 45.9 Å². The summed E-state index contributed by atoms with van der Waals surface area (Å²) in [4.78, 5) is 0. The molecule has 2 heteroatoms. The van der Waals surface area contributed by atoms with Crippen LogP contribution in [-0.4, -0.2) is 5.11 Å². The first-order valence-corrected chi connectivity index (χ1v) is 10.4. The molecule has 1 aliphatic carbocycles. The normalized spacial score (nSPS) is 14.5. The first kappa shape index (κ1) is 20.0. The van der Waals surface area contributed by atoms with E-state index in [4.69, 9.17) is 4.74 Å². The number of aromatic hydroxyl groups is 1. The molecule has 0 fully saturated rings. The van der Waals surface area contributed by atoms with Crippen molar-refractivity contribution in [2.45, 2.75) is 40.2 Å². The van der Waals surface area contributed by atoms with Gasteiger partial charge in [-0.1, -0.05) is 65.7 Å². The highest BCUT2D eigenvalue weighted by molar-refractivity contribution is 5.76. The van der Waals surface area contributed by atoms with Gasteiger partial charge in [0.15, 0.2) is 0 Å². The summed E-state index contributed by atoms with van der Waals surface area (Å²) in [6, 6.07) is 24.0. The highest BCUT2D eigenvalue weighted by Gasteiger charge is 2.28. The van der Waals surface area contributed by atoms with Crippen LogP contribution in [-0.2, 0) is 6.61 Å². The molecule has 3 aromatic rings. The molecule has 0 bridgehead atoms. The summed E-state index contributed by atoms with van der Waals surface area (Å²) in [7, 11) is 0. The van der Waals surface area contributed by atoms with E-state index in [0.717, 1.165) is 22.4 Å². The number of phenols is 1. The molecule has 3 aromatic carbocycles. The molecule has 0 unspecified atom stereocenters. The summed E-state index contributed by atoms with van der Waals surface area (Å²) >= 11 is 0. The summed E-state index contributed by atoms with van der Waals surface area (Å²) in [5.41, 5.74) is 9.70. The molecule has 1 N–H and O–H groups in total. The van der Waals surface area contributed by atoms with Crippen molar-refractivity contribution >= 4 is 0 Å². The van der Waals surface area contributed by atoms with Crippen LogP contribution in [0.2, 0.25) is 0 Å². The zero-order valence-corrected chi connectivity index (χ0v) is 18.1. The first-order chi connectivity index (χ1) is 14.5. The van der Waals surface area contributed by atoms with Crippen LogP contribution in [0.4, 0.5) is 0 Å². The van der Waals surface area contributed by atoms with Gasteiger partial charge in [-0.15, -0.1) is 0 Å². The lowest BCUT2D eigenvalue weighted by Gasteiger charge is -2.21. The number of allylic oxidation sites excluding steroid dienone is 4. The topological polar surface area (TPSA) is 29.5 Å². The van der Waals surface area contributed by atoms with Crippen molar-refractivity contribution in [3.05, 3.63) is 106 Å². The fraction of sp³-hybridized carbons (Fsp3) is 0.214. The smallest absolute Gasteiger partial charge is 0.123 e. The van der Waals surface area contributed by atoms with Crippen molar-refractivity contribution in [2.24, 2.45) is 0 Å². The lowest BCUT2D eigenvalue weighted by molar-refractivity contribution is 0.306. The van der Waals surface area contributed by atoms with Gasteiger partial charge in [0.25, 0.3) is 0 Å². The number of phenolic OH excluding ortho intramolecular Hbond substituents is 1. The van der Waals surface area contributed by atoms with Crippen LogP contribution in [0.1, 0.15) is 44.7 Å². The zero-order valence-electron chi connectivity index (χ0n) is 18.1. The van der Waals surface area contributed by atoms with Crippen molar-refractivity contribution in [3.8, 4) is 22.6 Å². The van der Waals surface area contributed by atoms with Gasteiger partial charge in [-0.05, 0) is 73.7 Å². The van der Waals surface area contributed by atoms with Crippen molar-refractivity contribution in [1.29, 1.82) is 0 Å². The molecular formula is C28H28O2. The van der Waals surface area contributed by atoms with E-state index >= 15 is 0 Å². The minimum Gasteiger partial charge on any atom is -0.507 e. The molecule has 0 spiro atoms. The van der Waals surface area contributed by atoms with Gasteiger partial charge in [-0.25, -0.2) is 0 Å². The Morgan fingerprint density at radius 3 is 2.07 bits per heavy atom. The van der Waals surface area contributed by atoms with Crippen LogP contribution in [0.5, 0.6) is 11.5 Å². The number of hydrogen-bond acceptors (Lipinski definition) is 2. The van der Waals surface area contributed by atoms with Gasteiger partial charge in [0.05, 0.1) is 0 Å². The summed E-state index contributed by atoms with van der Waals surface area (Å²) in [6.45, 7) is 9.34. The number of ether oxygens (including phenoxy) is 1. The van der Waals surface area contributed by atoms with Gasteiger partial charge in [-0.3, -0.25) is 0 Å². The summed E-state index contributed by atoms with van der Waals surface area (Å²) in [5, 5.41) is 10.7. The van der Waals surface area contributed by atoms with Gasteiger partial charge < -0.3 is 9.84 Å². The van der Waals surface area contributed by atoms with Gasteiger partial charge in [-0.2, -0.15) is 0 Å². The monoisotopic (exact) mass is 396 g/mol. The predicted octanol–water partition coefficient (Wildman–Crippen LogP) is 7.41. The molecule has 30 heavy (non-hydrogen) atoms. The van der Waals surface area contributed by atoms with Gasteiger partial charge in [0.2, 0.25) is 0 Å². The van der Waals surface area contributed by atoms with Crippen molar-refractivity contribution in [1.82, 2.24) is 0 Å². The van der Waals surface area contributed by atoms with E-state index in [-0.39, 0.29) is 11.7 Å².